The van der Waals surface area contributed by atoms with Crippen molar-refractivity contribution in [3.63, 3.8) is 0 Å². The predicted molar refractivity (Wildman–Crippen MR) is 54.0 cm³/mol. The number of benzene rings is 1. The molecule has 0 aromatic heterocycles. The molecular weight excluding hydrogens is 162 g/mol. The monoisotopic (exact) mass is 177 g/mol. The van der Waals surface area contributed by atoms with Gasteiger partial charge in [0.25, 0.3) is 0 Å². The molecule has 0 saturated heterocycles. The highest BCUT2D eigenvalue weighted by molar-refractivity contribution is 5.17. The van der Waals surface area contributed by atoms with Crippen LogP contribution in [0.3, 0.4) is 0 Å². The lowest BCUT2D eigenvalue weighted by Crippen LogP contribution is -2.14. The van der Waals surface area contributed by atoms with Crippen LogP contribution < -0.4 is 5.32 Å². The summed E-state index contributed by atoms with van der Waals surface area (Å²) >= 11 is 0. The van der Waals surface area contributed by atoms with E-state index in [1.807, 2.05) is 43.3 Å². The molecule has 0 heterocycles. The Kier molecular flexibility index (Phi) is 4.06. The van der Waals surface area contributed by atoms with Crippen LogP contribution in [0.1, 0.15) is 25.1 Å². The second-order valence-corrected chi connectivity index (χ2v) is 2.79. The molecule has 13 heavy (non-hydrogen) atoms. The first-order chi connectivity index (χ1) is 6.34. The number of allylic oxidation sites excluding steroid dienone is 1. The van der Waals surface area contributed by atoms with Gasteiger partial charge in [-0.2, -0.15) is 0 Å². The second-order valence-electron chi connectivity index (χ2n) is 2.79. The molecule has 2 heteroatoms. The fraction of sp³-hybridized carbons (Fsp3) is 0.273. The van der Waals surface area contributed by atoms with Crippen LogP contribution in [0.2, 0.25) is 0 Å². The Bertz CT molecular complexity index is 256. The number of hydrogen-bond acceptors (Lipinski definition) is 2. The summed E-state index contributed by atoms with van der Waals surface area (Å²) < 4.78 is 0. The number of aliphatic hydroxyl groups is 1. The summed E-state index contributed by atoms with van der Waals surface area (Å²) in [6.07, 6.45) is 4.10. The minimum Gasteiger partial charge on any atom is -0.369 e. The zero-order valence-electron chi connectivity index (χ0n) is 7.77. The largest absolute Gasteiger partial charge is 0.369 e. The second kappa shape index (κ2) is 5.38. The van der Waals surface area contributed by atoms with E-state index in [-0.39, 0.29) is 0 Å². The predicted octanol–water partition coefficient (Wildman–Crippen LogP) is 2.19. The topological polar surface area (TPSA) is 32.3 Å². The molecule has 1 unspecified atom stereocenters. The van der Waals surface area contributed by atoms with E-state index in [9.17, 15) is 5.11 Å². The molecule has 0 aliphatic heterocycles. The van der Waals surface area contributed by atoms with E-state index >= 15 is 0 Å². The third kappa shape index (κ3) is 3.30. The molecule has 0 fully saturated rings. The number of aliphatic hydroxyl groups excluding tert-OH is 1. The Morgan fingerprint density at radius 1 is 1.38 bits per heavy atom. The third-order valence-corrected chi connectivity index (χ3v) is 1.72. The van der Waals surface area contributed by atoms with Crippen molar-refractivity contribution in [3.8, 4) is 0 Å². The van der Waals surface area contributed by atoms with Gasteiger partial charge in [0.15, 0.2) is 0 Å². The van der Waals surface area contributed by atoms with Crippen LogP contribution in [0.15, 0.2) is 42.6 Å². The third-order valence-electron chi connectivity index (χ3n) is 1.72. The molecule has 70 valence electrons. The van der Waals surface area contributed by atoms with E-state index in [2.05, 4.69) is 5.32 Å². The molecule has 1 aromatic carbocycles. The number of nitrogens with one attached hydrogen (secondary N) is 1. The summed E-state index contributed by atoms with van der Waals surface area (Å²) in [6, 6.07) is 9.51. The number of hydrogen-bond donors (Lipinski definition) is 2. The van der Waals surface area contributed by atoms with Crippen LogP contribution in [0, 0.1) is 0 Å². The van der Waals surface area contributed by atoms with Gasteiger partial charge in [-0.05, 0) is 12.6 Å². The summed E-state index contributed by atoms with van der Waals surface area (Å²) in [5.41, 5.74) is 0.878. The molecule has 0 radical (unpaired) electrons. The van der Waals surface area contributed by atoms with Crippen molar-refractivity contribution in [1.29, 1.82) is 0 Å². The van der Waals surface area contributed by atoms with Crippen LogP contribution >= 0.6 is 0 Å². The molecule has 0 bridgehead atoms. The van der Waals surface area contributed by atoms with Gasteiger partial charge in [-0.1, -0.05) is 43.3 Å². The normalized spacial score (nSPS) is 13.1. The van der Waals surface area contributed by atoms with Gasteiger partial charge < -0.3 is 10.4 Å². The maximum absolute atomic E-state index is 9.58. The molecule has 0 amide bonds. The highest BCUT2D eigenvalue weighted by Crippen LogP contribution is 2.07. The van der Waals surface area contributed by atoms with Gasteiger partial charge in [0.1, 0.15) is 6.23 Å². The summed E-state index contributed by atoms with van der Waals surface area (Å²) in [7, 11) is 0. The zero-order valence-corrected chi connectivity index (χ0v) is 7.77. The van der Waals surface area contributed by atoms with E-state index in [1.165, 1.54) is 0 Å². The zero-order chi connectivity index (χ0) is 9.52. The van der Waals surface area contributed by atoms with E-state index in [4.69, 9.17) is 0 Å². The smallest absolute Gasteiger partial charge is 0.150 e. The lowest BCUT2D eigenvalue weighted by Gasteiger charge is -2.10. The first-order valence-electron chi connectivity index (χ1n) is 4.48. The first kappa shape index (κ1) is 9.81. The van der Waals surface area contributed by atoms with Crippen molar-refractivity contribution < 1.29 is 5.11 Å². The molecule has 2 N–H and O–H groups in total. The van der Waals surface area contributed by atoms with Crippen LogP contribution in [0.25, 0.3) is 0 Å². The van der Waals surface area contributed by atoms with Crippen LogP contribution in [-0.2, 0) is 0 Å². The molecule has 1 aromatic rings. The quantitative estimate of drug-likeness (QED) is 0.691. The molecule has 1 rings (SSSR count). The Balaban J connectivity index is 2.49. The van der Waals surface area contributed by atoms with Gasteiger partial charge in [0, 0.05) is 5.56 Å². The van der Waals surface area contributed by atoms with Crippen molar-refractivity contribution in [2.75, 3.05) is 0 Å². The highest BCUT2D eigenvalue weighted by Gasteiger charge is 2.01. The summed E-state index contributed by atoms with van der Waals surface area (Å²) in [6.45, 7) is 2.05. The van der Waals surface area contributed by atoms with Crippen LogP contribution in [-0.4, -0.2) is 5.11 Å². The Labute approximate surface area is 78.9 Å². The summed E-state index contributed by atoms with van der Waals surface area (Å²) in [5, 5.41) is 12.5. The summed E-state index contributed by atoms with van der Waals surface area (Å²) in [4.78, 5) is 0. The van der Waals surface area contributed by atoms with Gasteiger partial charge >= 0.3 is 0 Å². The van der Waals surface area contributed by atoms with E-state index in [0.717, 1.165) is 12.0 Å². The van der Waals surface area contributed by atoms with Crippen molar-refractivity contribution in [3.05, 3.63) is 48.2 Å². The Morgan fingerprint density at radius 3 is 2.69 bits per heavy atom. The standard InChI is InChI=1S/C11H15NO/c1-2-3-9-12-11(13)10-7-5-4-6-8-10/h3-9,11-13H,2H2,1H3. The fourth-order valence-corrected chi connectivity index (χ4v) is 1.01. The van der Waals surface area contributed by atoms with Crippen molar-refractivity contribution in [2.24, 2.45) is 0 Å². The average molecular weight is 177 g/mol. The van der Waals surface area contributed by atoms with E-state index in [1.54, 1.807) is 6.20 Å². The number of rotatable bonds is 4. The van der Waals surface area contributed by atoms with Crippen molar-refractivity contribution >= 4 is 0 Å². The van der Waals surface area contributed by atoms with E-state index in [0.29, 0.717) is 0 Å². The van der Waals surface area contributed by atoms with Gasteiger partial charge in [-0.3, -0.25) is 0 Å². The Hall–Kier alpha value is -1.28. The van der Waals surface area contributed by atoms with E-state index < -0.39 is 6.23 Å². The molecule has 0 saturated carbocycles. The Morgan fingerprint density at radius 2 is 2.08 bits per heavy atom. The molecule has 0 aliphatic carbocycles. The fourth-order valence-electron chi connectivity index (χ4n) is 1.01. The minimum atomic E-state index is -0.607. The van der Waals surface area contributed by atoms with Gasteiger partial charge in [-0.15, -0.1) is 0 Å². The first-order valence-corrected chi connectivity index (χ1v) is 4.48. The van der Waals surface area contributed by atoms with Gasteiger partial charge in [0.2, 0.25) is 0 Å². The highest BCUT2D eigenvalue weighted by atomic mass is 16.3. The molecular formula is C11H15NO. The molecule has 1 atom stereocenters. The van der Waals surface area contributed by atoms with Crippen LogP contribution in [0.5, 0.6) is 0 Å². The average Bonchev–Trinajstić information content (AvgIpc) is 2.19. The molecule has 0 aliphatic rings. The maximum Gasteiger partial charge on any atom is 0.150 e. The minimum absolute atomic E-state index is 0.607. The SMILES string of the molecule is CCC=CNC(O)c1ccccc1. The molecule has 2 nitrogen and oxygen atoms in total. The maximum atomic E-state index is 9.58. The van der Waals surface area contributed by atoms with Crippen LogP contribution in [0.4, 0.5) is 0 Å². The lowest BCUT2D eigenvalue weighted by atomic mass is 10.2. The van der Waals surface area contributed by atoms with Crippen molar-refractivity contribution in [1.82, 2.24) is 5.32 Å². The van der Waals surface area contributed by atoms with Crippen molar-refractivity contribution in [2.45, 2.75) is 19.6 Å². The molecule has 0 spiro atoms. The lowest BCUT2D eigenvalue weighted by molar-refractivity contribution is 0.156. The van der Waals surface area contributed by atoms with Gasteiger partial charge in [0.05, 0.1) is 0 Å². The van der Waals surface area contributed by atoms with Gasteiger partial charge in [-0.25, -0.2) is 0 Å². The summed E-state index contributed by atoms with van der Waals surface area (Å²) in [5.74, 6) is 0.